The summed E-state index contributed by atoms with van der Waals surface area (Å²) in [6.07, 6.45) is 5.61. The van der Waals surface area contributed by atoms with Gasteiger partial charge in [0.25, 0.3) is 0 Å². The van der Waals surface area contributed by atoms with E-state index >= 15 is 0 Å². The van der Waals surface area contributed by atoms with E-state index in [1.807, 2.05) is 6.07 Å². The van der Waals surface area contributed by atoms with E-state index in [9.17, 15) is 4.79 Å². The highest BCUT2D eigenvalue weighted by atomic mass is 16.5. The van der Waals surface area contributed by atoms with E-state index in [1.165, 1.54) is 7.11 Å². The Labute approximate surface area is 70.7 Å². The van der Waals surface area contributed by atoms with Gasteiger partial charge >= 0.3 is 0 Å². The van der Waals surface area contributed by atoms with E-state index in [4.69, 9.17) is 4.74 Å². The highest BCUT2D eigenvalue weighted by Crippen LogP contribution is 2.02. The van der Waals surface area contributed by atoms with Crippen LogP contribution in [0.3, 0.4) is 0 Å². The van der Waals surface area contributed by atoms with Crippen LogP contribution in [0.4, 0.5) is 0 Å². The highest BCUT2D eigenvalue weighted by Gasteiger charge is 1.92. The van der Waals surface area contributed by atoms with Crippen molar-refractivity contribution in [2.24, 2.45) is 0 Å². The second kappa shape index (κ2) is 4.28. The maximum atomic E-state index is 10.3. The lowest BCUT2D eigenvalue weighted by Gasteiger charge is -1.96. The van der Waals surface area contributed by atoms with Crippen molar-refractivity contribution in [3.05, 3.63) is 35.8 Å². The quantitative estimate of drug-likeness (QED) is 0.382. The molecule has 1 rings (SSSR count). The van der Waals surface area contributed by atoms with Crippen molar-refractivity contribution < 1.29 is 9.53 Å². The first-order chi connectivity index (χ1) is 5.86. The molecule has 1 heterocycles. The lowest BCUT2D eigenvalue weighted by atomic mass is 10.2. The minimum absolute atomic E-state index is 0.294. The number of ether oxygens (including phenoxy) is 1. The van der Waals surface area contributed by atoms with Gasteiger partial charge in [0.1, 0.15) is 0 Å². The molecule has 0 spiro atoms. The molecule has 1 aromatic rings. The molecule has 0 saturated carbocycles. The minimum Gasteiger partial charge on any atom is -0.493 e. The Morgan fingerprint density at radius 2 is 2.50 bits per heavy atom. The van der Waals surface area contributed by atoms with Crippen molar-refractivity contribution in [1.29, 1.82) is 0 Å². The van der Waals surface area contributed by atoms with E-state index in [1.54, 1.807) is 24.5 Å². The van der Waals surface area contributed by atoms with Crippen molar-refractivity contribution >= 4 is 12.4 Å². The number of carbonyl (C=O) groups excluding carboxylic acids is 1. The van der Waals surface area contributed by atoms with Gasteiger partial charge in [-0.2, -0.15) is 0 Å². The first-order valence-electron chi connectivity index (χ1n) is 3.47. The first kappa shape index (κ1) is 8.46. The van der Waals surface area contributed by atoms with Crippen LogP contribution in [-0.2, 0) is 9.53 Å². The molecule has 62 valence electrons. The maximum absolute atomic E-state index is 10.3. The number of hydrogen-bond donors (Lipinski definition) is 0. The number of carbonyl (C=O) groups is 1. The smallest absolute Gasteiger partial charge is 0.184 e. The topological polar surface area (TPSA) is 39.2 Å². The zero-order chi connectivity index (χ0) is 8.81. The first-order valence-corrected chi connectivity index (χ1v) is 3.47. The Morgan fingerprint density at radius 3 is 3.00 bits per heavy atom. The third-order valence-corrected chi connectivity index (χ3v) is 1.35. The van der Waals surface area contributed by atoms with Gasteiger partial charge in [-0.25, -0.2) is 0 Å². The number of rotatable bonds is 3. The number of hydrogen-bond acceptors (Lipinski definition) is 3. The summed E-state index contributed by atoms with van der Waals surface area (Å²) in [5.41, 5.74) is 0.849. The Kier molecular flexibility index (Phi) is 3.02. The van der Waals surface area contributed by atoms with Gasteiger partial charge in [0.15, 0.2) is 12.0 Å². The summed E-state index contributed by atoms with van der Waals surface area (Å²) < 4.78 is 4.77. The molecule has 0 amide bonds. The number of aromatic nitrogens is 1. The van der Waals surface area contributed by atoms with E-state index in [-0.39, 0.29) is 0 Å². The van der Waals surface area contributed by atoms with Crippen LogP contribution < -0.4 is 0 Å². The molecule has 3 heteroatoms. The molecular weight excluding hydrogens is 154 g/mol. The highest BCUT2D eigenvalue weighted by molar-refractivity contribution is 5.78. The molecule has 0 bridgehead atoms. The summed E-state index contributed by atoms with van der Waals surface area (Å²) in [6, 6.07) is 3.64. The molecular formula is C9H9NO2. The van der Waals surface area contributed by atoms with Crippen LogP contribution in [0.1, 0.15) is 5.56 Å². The molecule has 0 aliphatic heterocycles. The van der Waals surface area contributed by atoms with Crippen LogP contribution in [-0.4, -0.2) is 18.4 Å². The molecule has 0 atom stereocenters. The van der Waals surface area contributed by atoms with Crippen molar-refractivity contribution in [2.75, 3.05) is 7.11 Å². The largest absolute Gasteiger partial charge is 0.493 e. The third-order valence-electron chi connectivity index (χ3n) is 1.35. The molecule has 0 unspecified atom stereocenters. The fourth-order valence-corrected chi connectivity index (χ4v) is 0.767. The number of aldehydes is 1. The van der Waals surface area contributed by atoms with E-state index in [0.29, 0.717) is 12.0 Å². The molecule has 0 radical (unpaired) electrons. The van der Waals surface area contributed by atoms with Crippen LogP contribution >= 0.6 is 0 Å². The van der Waals surface area contributed by atoms with Gasteiger partial charge in [0.2, 0.25) is 0 Å². The number of nitrogens with zero attached hydrogens (tertiary/aromatic N) is 1. The fraction of sp³-hybridized carbons (Fsp3) is 0.111. The molecule has 0 fully saturated rings. The Balaban J connectivity index is 2.86. The normalized spacial score (nSPS) is 10.9. The summed E-state index contributed by atoms with van der Waals surface area (Å²) >= 11 is 0. The predicted octanol–water partition coefficient (Wildman–Crippen LogP) is 1.27. The lowest BCUT2D eigenvalue weighted by molar-refractivity contribution is -0.107. The molecule has 0 aromatic carbocycles. The minimum atomic E-state index is 0.294. The molecule has 3 nitrogen and oxygen atoms in total. The summed E-state index contributed by atoms with van der Waals surface area (Å²) in [4.78, 5) is 14.2. The summed E-state index contributed by atoms with van der Waals surface area (Å²) in [5.74, 6) is 0.294. The van der Waals surface area contributed by atoms with Gasteiger partial charge < -0.3 is 4.74 Å². The van der Waals surface area contributed by atoms with Crippen molar-refractivity contribution in [3.8, 4) is 0 Å². The summed E-state index contributed by atoms with van der Waals surface area (Å²) in [7, 11) is 1.45. The van der Waals surface area contributed by atoms with Crippen LogP contribution in [0.2, 0.25) is 0 Å². The monoisotopic (exact) mass is 163 g/mol. The van der Waals surface area contributed by atoms with Crippen LogP contribution in [0.15, 0.2) is 30.3 Å². The Hall–Kier alpha value is -1.64. The molecule has 0 aliphatic rings. The molecule has 1 aromatic heterocycles. The second-order valence-corrected chi connectivity index (χ2v) is 2.16. The average molecular weight is 163 g/mol. The number of pyridine rings is 1. The molecule has 0 N–H and O–H groups in total. The number of allylic oxidation sites excluding steroid dienone is 1. The Bertz CT molecular complexity index is 280. The lowest BCUT2D eigenvalue weighted by Crippen LogP contribution is -1.87. The van der Waals surface area contributed by atoms with Gasteiger partial charge in [0, 0.05) is 12.4 Å². The van der Waals surface area contributed by atoms with Crippen molar-refractivity contribution in [3.63, 3.8) is 0 Å². The van der Waals surface area contributed by atoms with Crippen LogP contribution in [0, 0.1) is 0 Å². The number of methoxy groups -OCH3 is 1. The third kappa shape index (κ3) is 2.20. The molecule has 0 saturated heterocycles. The SMILES string of the molecule is CO/C(C=O)=C\c1cccnc1. The molecule has 12 heavy (non-hydrogen) atoms. The predicted molar refractivity (Wildman–Crippen MR) is 45.3 cm³/mol. The van der Waals surface area contributed by atoms with E-state index in [2.05, 4.69) is 4.98 Å². The van der Waals surface area contributed by atoms with Gasteiger partial charge in [0.05, 0.1) is 7.11 Å². The zero-order valence-electron chi connectivity index (χ0n) is 6.73. The van der Waals surface area contributed by atoms with Crippen molar-refractivity contribution in [2.45, 2.75) is 0 Å². The van der Waals surface area contributed by atoms with E-state index < -0.39 is 0 Å². The standard InChI is InChI=1S/C9H9NO2/c1-12-9(7-11)5-8-3-2-4-10-6-8/h2-7H,1H3/b9-5-. The summed E-state index contributed by atoms with van der Waals surface area (Å²) in [6.45, 7) is 0. The maximum Gasteiger partial charge on any atom is 0.184 e. The Morgan fingerprint density at radius 1 is 1.67 bits per heavy atom. The van der Waals surface area contributed by atoms with Crippen LogP contribution in [0.5, 0.6) is 0 Å². The summed E-state index contributed by atoms with van der Waals surface area (Å²) in [5, 5.41) is 0. The van der Waals surface area contributed by atoms with Crippen molar-refractivity contribution in [1.82, 2.24) is 4.98 Å². The zero-order valence-corrected chi connectivity index (χ0v) is 6.73. The van der Waals surface area contributed by atoms with Crippen LogP contribution in [0.25, 0.3) is 6.08 Å². The van der Waals surface area contributed by atoms with Gasteiger partial charge in [-0.15, -0.1) is 0 Å². The average Bonchev–Trinajstić information content (AvgIpc) is 2.16. The van der Waals surface area contributed by atoms with Gasteiger partial charge in [-0.3, -0.25) is 9.78 Å². The van der Waals surface area contributed by atoms with Gasteiger partial charge in [-0.1, -0.05) is 6.07 Å². The molecule has 0 aliphatic carbocycles. The fourth-order valence-electron chi connectivity index (χ4n) is 0.767. The second-order valence-electron chi connectivity index (χ2n) is 2.16. The van der Waals surface area contributed by atoms with Gasteiger partial charge in [-0.05, 0) is 17.7 Å². The van der Waals surface area contributed by atoms with E-state index in [0.717, 1.165) is 5.56 Å².